The monoisotopic (exact) mass is 560 g/mol. The first-order valence-electron chi connectivity index (χ1n) is 11.1. The average molecular weight is 561 g/mol. The van der Waals surface area contributed by atoms with Crippen LogP contribution in [0.3, 0.4) is 0 Å². The third-order valence-corrected chi connectivity index (χ3v) is 6.72. The van der Waals surface area contributed by atoms with E-state index in [1.165, 1.54) is 6.20 Å². The largest absolute Gasteiger partial charge is 0.485 e. The van der Waals surface area contributed by atoms with Crippen LogP contribution in [0.1, 0.15) is 31.7 Å². The van der Waals surface area contributed by atoms with Crippen molar-refractivity contribution in [1.29, 1.82) is 0 Å². The van der Waals surface area contributed by atoms with Crippen LogP contribution in [-0.4, -0.2) is 75.5 Å². The lowest BCUT2D eigenvalue weighted by atomic mass is 10.0. The van der Waals surface area contributed by atoms with Crippen LogP contribution in [0.2, 0.25) is 0 Å². The Kier molecular flexibility index (Phi) is 7.59. The fraction of sp³-hybridized carbons (Fsp3) is 0.571. The Labute approximate surface area is 207 Å². The van der Waals surface area contributed by atoms with Crippen LogP contribution in [0, 0.1) is 0 Å². The zero-order valence-corrected chi connectivity index (χ0v) is 20.4. The van der Waals surface area contributed by atoms with Gasteiger partial charge >= 0.3 is 6.18 Å². The summed E-state index contributed by atoms with van der Waals surface area (Å²) in [4.78, 5) is 35.9. The lowest BCUT2D eigenvalue weighted by molar-refractivity contribution is -0.140. The molecular formula is C21H24BrF3N6O4. The molecule has 0 spiro atoms. The number of nitrogens with zero attached hydrogens (tertiary/aromatic N) is 5. The van der Waals surface area contributed by atoms with Crippen LogP contribution in [0.25, 0.3) is 0 Å². The summed E-state index contributed by atoms with van der Waals surface area (Å²) in [7, 11) is 0. The van der Waals surface area contributed by atoms with Crippen LogP contribution in [0.15, 0.2) is 27.9 Å². The number of piperidine rings is 1. The molecule has 0 aromatic carbocycles. The van der Waals surface area contributed by atoms with Crippen molar-refractivity contribution in [2.24, 2.45) is 0 Å². The van der Waals surface area contributed by atoms with Crippen LogP contribution >= 0.6 is 15.9 Å². The third kappa shape index (κ3) is 5.92. The number of anilines is 1. The van der Waals surface area contributed by atoms with Crippen molar-refractivity contribution in [3.05, 3.63) is 39.0 Å². The van der Waals surface area contributed by atoms with E-state index in [9.17, 15) is 22.8 Å². The van der Waals surface area contributed by atoms with Crippen molar-refractivity contribution in [1.82, 2.24) is 25.1 Å². The van der Waals surface area contributed by atoms with Gasteiger partial charge in [0.15, 0.2) is 5.75 Å². The molecule has 10 nitrogen and oxygen atoms in total. The molecule has 0 saturated carbocycles. The molecule has 4 heterocycles. The quantitative estimate of drug-likeness (QED) is 0.549. The molecule has 35 heavy (non-hydrogen) atoms. The average Bonchev–Trinajstić information content (AvgIpc) is 3.20. The van der Waals surface area contributed by atoms with Crippen LogP contribution in [0.5, 0.6) is 5.75 Å². The van der Waals surface area contributed by atoms with Crippen molar-refractivity contribution < 1.29 is 27.4 Å². The van der Waals surface area contributed by atoms with Gasteiger partial charge in [0.05, 0.1) is 18.4 Å². The molecule has 0 aliphatic carbocycles. The van der Waals surface area contributed by atoms with E-state index >= 15 is 0 Å². The molecule has 1 amide bonds. The van der Waals surface area contributed by atoms with E-state index in [1.807, 2.05) is 9.80 Å². The van der Waals surface area contributed by atoms with Crippen molar-refractivity contribution in [3.63, 3.8) is 0 Å². The van der Waals surface area contributed by atoms with Gasteiger partial charge in [-0.25, -0.2) is 15.1 Å². The first-order chi connectivity index (χ1) is 16.6. The smallest absolute Gasteiger partial charge is 0.419 e. The zero-order chi connectivity index (χ0) is 25.2. The maximum absolute atomic E-state index is 12.9. The van der Waals surface area contributed by atoms with Gasteiger partial charge in [0, 0.05) is 44.5 Å². The van der Waals surface area contributed by atoms with Gasteiger partial charge in [-0.05, 0) is 35.7 Å². The number of carbonyl (C=O) groups is 1. The Balaban J connectivity index is 1.24. The van der Waals surface area contributed by atoms with Gasteiger partial charge in [0.25, 0.3) is 11.5 Å². The number of H-pyrrole nitrogens is 1. The number of nitrogens with one attached hydrogen (secondary N) is 1. The molecule has 4 rings (SSSR count). The highest BCUT2D eigenvalue weighted by Crippen LogP contribution is 2.29. The van der Waals surface area contributed by atoms with Gasteiger partial charge in [0.1, 0.15) is 16.7 Å². The fourth-order valence-electron chi connectivity index (χ4n) is 4.15. The highest BCUT2D eigenvalue weighted by Gasteiger charge is 2.38. The third-order valence-electron chi connectivity index (χ3n) is 5.97. The SMILES string of the molecule is C[C@@H](CO[C@H]1CCN(C2CCN(c3ncc(C(F)(F)F)cn3)CC2)C1=O)Oc1cn[nH]c(=O)c1Br. The molecule has 2 atom stereocenters. The molecule has 1 N–H and O–H groups in total. The van der Waals surface area contributed by atoms with E-state index in [1.54, 1.807) is 6.92 Å². The molecule has 2 saturated heterocycles. The molecule has 14 heteroatoms. The number of likely N-dealkylation sites (tertiary alicyclic amines) is 1. The van der Waals surface area contributed by atoms with Crippen molar-refractivity contribution in [2.75, 3.05) is 31.1 Å². The van der Waals surface area contributed by atoms with E-state index in [0.29, 0.717) is 38.9 Å². The van der Waals surface area contributed by atoms with Crippen LogP contribution < -0.4 is 15.2 Å². The number of halogens is 4. The zero-order valence-electron chi connectivity index (χ0n) is 18.8. The predicted octanol–water partition coefficient (Wildman–Crippen LogP) is 2.39. The summed E-state index contributed by atoms with van der Waals surface area (Å²) >= 11 is 3.15. The molecule has 2 aromatic rings. The number of hydrogen-bond donors (Lipinski definition) is 1. The molecule has 2 fully saturated rings. The summed E-state index contributed by atoms with van der Waals surface area (Å²) < 4.78 is 49.9. The van der Waals surface area contributed by atoms with Crippen molar-refractivity contribution in [3.8, 4) is 5.75 Å². The summed E-state index contributed by atoms with van der Waals surface area (Å²) in [6.07, 6.45) is -0.624. The van der Waals surface area contributed by atoms with Crippen LogP contribution in [-0.2, 0) is 15.7 Å². The molecule has 2 aromatic heterocycles. The second kappa shape index (κ2) is 10.5. The summed E-state index contributed by atoms with van der Waals surface area (Å²) in [5, 5.41) is 5.98. The summed E-state index contributed by atoms with van der Waals surface area (Å²) in [6.45, 7) is 3.57. The fourth-order valence-corrected chi connectivity index (χ4v) is 4.44. The first-order valence-corrected chi connectivity index (χ1v) is 11.9. The lowest BCUT2D eigenvalue weighted by Gasteiger charge is -2.36. The second-order valence-corrected chi connectivity index (χ2v) is 9.23. The number of ether oxygens (including phenoxy) is 2. The van der Waals surface area contributed by atoms with Crippen molar-refractivity contribution >= 4 is 27.8 Å². The Morgan fingerprint density at radius 3 is 2.49 bits per heavy atom. The Bertz CT molecular complexity index is 1090. The normalized spacial score (nSPS) is 20.4. The number of alkyl halides is 3. The minimum Gasteiger partial charge on any atom is -0.485 e. The first kappa shape index (κ1) is 25.4. The Morgan fingerprint density at radius 1 is 1.14 bits per heavy atom. The number of rotatable bonds is 7. The Hall–Kier alpha value is -2.74. The molecule has 190 valence electrons. The van der Waals surface area contributed by atoms with Gasteiger partial charge in [-0.15, -0.1) is 0 Å². The van der Waals surface area contributed by atoms with E-state index < -0.39 is 29.5 Å². The maximum atomic E-state index is 12.9. The standard InChI is InChI=1S/C21H24BrF3N6O4/c1-12(35-16-10-28-29-18(32)17(16)22)11-34-15-4-7-31(19(15)33)14-2-5-30(6-3-14)20-26-8-13(9-27-20)21(23,24)25/h8-10,12,14-15H,2-7,11H2,1H3,(H,29,32)/t12-,15-/m0/s1. The number of aromatic amines is 1. The summed E-state index contributed by atoms with van der Waals surface area (Å²) in [5.41, 5.74) is -1.29. The number of carbonyl (C=O) groups excluding carboxylic acids is 1. The van der Waals surface area contributed by atoms with Gasteiger partial charge in [-0.3, -0.25) is 9.59 Å². The van der Waals surface area contributed by atoms with E-state index in [-0.39, 0.29) is 34.7 Å². The van der Waals surface area contributed by atoms with Crippen molar-refractivity contribution in [2.45, 2.75) is 50.6 Å². The van der Waals surface area contributed by atoms with E-state index in [0.717, 1.165) is 12.4 Å². The van der Waals surface area contributed by atoms with Crippen LogP contribution in [0.4, 0.5) is 19.1 Å². The lowest BCUT2D eigenvalue weighted by Crippen LogP contribution is -2.47. The van der Waals surface area contributed by atoms with Gasteiger partial charge in [-0.1, -0.05) is 0 Å². The van der Waals surface area contributed by atoms with Gasteiger partial charge in [0.2, 0.25) is 5.95 Å². The number of amides is 1. The summed E-state index contributed by atoms with van der Waals surface area (Å²) in [6, 6.07) is 0.0218. The number of hydrogen-bond acceptors (Lipinski definition) is 8. The molecular weight excluding hydrogens is 537 g/mol. The molecule has 2 aliphatic heterocycles. The predicted molar refractivity (Wildman–Crippen MR) is 121 cm³/mol. The Morgan fingerprint density at radius 2 is 1.83 bits per heavy atom. The second-order valence-electron chi connectivity index (χ2n) is 8.44. The highest BCUT2D eigenvalue weighted by molar-refractivity contribution is 9.10. The highest BCUT2D eigenvalue weighted by atomic mass is 79.9. The minimum atomic E-state index is -4.47. The topological polar surface area (TPSA) is 114 Å². The van der Waals surface area contributed by atoms with Gasteiger partial charge in [-0.2, -0.15) is 18.3 Å². The van der Waals surface area contributed by atoms with Gasteiger partial charge < -0.3 is 19.3 Å². The molecule has 0 unspecified atom stereocenters. The van der Waals surface area contributed by atoms with E-state index in [2.05, 4.69) is 36.1 Å². The molecule has 2 aliphatic rings. The molecule has 0 radical (unpaired) electrons. The van der Waals surface area contributed by atoms with E-state index in [4.69, 9.17) is 9.47 Å². The number of aromatic nitrogens is 4. The molecule has 0 bridgehead atoms. The summed E-state index contributed by atoms with van der Waals surface area (Å²) in [5.74, 6) is 0.454. The maximum Gasteiger partial charge on any atom is 0.419 e. The minimum absolute atomic E-state index is 0.0218.